The largest absolute Gasteiger partial charge is 0.360 e. The summed E-state index contributed by atoms with van der Waals surface area (Å²) in [6.07, 6.45) is 4.80. The van der Waals surface area contributed by atoms with E-state index in [1.165, 1.54) is 0 Å². The molecule has 0 spiro atoms. The van der Waals surface area contributed by atoms with E-state index in [2.05, 4.69) is 4.98 Å². The van der Waals surface area contributed by atoms with E-state index in [0.717, 1.165) is 35.7 Å². The third-order valence-electron chi connectivity index (χ3n) is 4.02. The van der Waals surface area contributed by atoms with Gasteiger partial charge in [-0.1, -0.05) is 24.6 Å². The number of Topliss-reactive ketones (excluding diaryl/α,β-unsaturated/α-hetero) is 1. The van der Waals surface area contributed by atoms with E-state index in [-0.39, 0.29) is 11.2 Å². The highest BCUT2D eigenvalue weighted by atomic mass is 16.1. The molecule has 1 aromatic carbocycles. The van der Waals surface area contributed by atoms with E-state index in [1.807, 2.05) is 30.5 Å². The molecule has 1 fully saturated rings. The molecule has 17 heavy (non-hydrogen) atoms. The predicted octanol–water partition coefficient (Wildman–Crippen LogP) is 2.48. The van der Waals surface area contributed by atoms with Gasteiger partial charge in [0.05, 0.1) is 0 Å². The van der Waals surface area contributed by atoms with Gasteiger partial charge in [0.1, 0.15) is 0 Å². The van der Waals surface area contributed by atoms with E-state index in [0.29, 0.717) is 6.54 Å². The molecule has 1 aliphatic carbocycles. The quantitative estimate of drug-likeness (QED) is 0.793. The van der Waals surface area contributed by atoms with E-state index < -0.39 is 0 Å². The molecule has 3 nitrogen and oxygen atoms in total. The first-order chi connectivity index (χ1) is 8.27. The van der Waals surface area contributed by atoms with Gasteiger partial charge in [-0.15, -0.1) is 0 Å². The maximum atomic E-state index is 12.6. The first kappa shape index (κ1) is 10.5. The Kier molecular flexibility index (Phi) is 2.30. The molecule has 0 saturated heterocycles. The van der Waals surface area contributed by atoms with Crippen LogP contribution in [0, 0.1) is 5.41 Å². The summed E-state index contributed by atoms with van der Waals surface area (Å²) in [7, 11) is 0. The van der Waals surface area contributed by atoms with Crippen LogP contribution in [-0.2, 0) is 0 Å². The van der Waals surface area contributed by atoms with Gasteiger partial charge in [0, 0.05) is 34.6 Å². The van der Waals surface area contributed by atoms with Gasteiger partial charge in [-0.3, -0.25) is 4.79 Å². The lowest BCUT2D eigenvalue weighted by atomic mass is 9.64. The number of fused-ring (bicyclic) bond motifs is 1. The van der Waals surface area contributed by atoms with Crippen LogP contribution in [0.15, 0.2) is 30.5 Å². The van der Waals surface area contributed by atoms with Gasteiger partial charge in [0.25, 0.3) is 0 Å². The zero-order valence-electron chi connectivity index (χ0n) is 9.70. The van der Waals surface area contributed by atoms with Crippen molar-refractivity contribution in [3.8, 4) is 0 Å². The molecule has 0 atom stereocenters. The number of rotatable bonds is 3. The number of benzene rings is 1. The van der Waals surface area contributed by atoms with Crippen LogP contribution in [0.1, 0.15) is 29.6 Å². The van der Waals surface area contributed by atoms with E-state index in [9.17, 15) is 4.79 Å². The zero-order valence-corrected chi connectivity index (χ0v) is 9.70. The highest BCUT2D eigenvalue weighted by Gasteiger charge is 2.43. The van der Waals surface area contributed by atoms with Gasteiger partial charge in [-0.05, 0) is 18.9 Å². The van der Waals surface area contributed by atoms with Crippen molar-refractivity contribution in [3.05, 3.63) is 36.0 Å². The standard InChI is InChI=1S/C14H16N2O/c15-9-14(6-3-7-14)13(17)11-8-16-12-5-2-1-4-10(11)12/h1-2,4-5,8,16H,3,6-7,9,15H2. The average Bonchev–Trinajstić information content (AvgIpc) is 2.71. The predicted molar refractivity (Wildman–Crippen MR) is 68.0 cm³/mol. The topological polar surface area (TPSA) is 58.9 Å². The molecule has 1 aliphatic rings. The molecule has 2 aromatic rings. The van der Waals surface area contributed by atoms with Crippen molar-refractivity contribution in [2.24, 2.45) is 11.1 Å². The molecule has 0 unspecified atom stereocenters. The Bertz CT molecular complexity index is 561. The lowest BCUT2D eigenvalue weighted by Gasteiger charge is -2.39. The highest BCUT2D eigenvalue weighted by Crippen LogP contribution is 2.43. The fourth-order valence-electron chi connectivity index (χ4n) is 2.67. The maximum Gasteiger partial charge on any atom is 0.172 e. The van der Waals surface area contributed by atoms with Gasteiger partial charge in [-0.25, -0.2) is 0 Å². The van der Waals surface area contributed by atoms with Crippen LogP contribution in [0.25, 0.3) is 10.9 Å². The van der Waals surface area contributed by atoms with Gasteiger partial charge in [0.15, 0.2) is 5.78 Å². The molecule has 0 radical (unpaired) electrons. The van der Waals surface area contributed by atoms with Crippen molar-refractivity contribution in [1.29, 1.82) is 0 Å². The summed E-state index contributed by atoms with van der Waals surface area (Å²) in [5, 5.41) is 1.01. The first-order valence-corrected chi connectivity index (χ1v) is 6.08. The van der Waals surface area contributed by atoms with Gasteiger partial charge in [-0.2, -0.15) is 0 Å². The Morgan fingerprint density at radius 1 is 1.35 bits per heavy atom. The second kappa shape index (κ2) is 3.70. The van der Waals surface area contributed by atoms with Crippen molar-refractivity contribution in [1.82, 2.24) is 4.98 Å². The van der Waals surface area contributed by atoms with Crippen molar-refractivity contribution >= 4 is 16.7 Å². The van der Waals surface area contributed by atoms with E-state index in [1.54, 1.807) is 0 Å². The van der Waals surface area contributed by atoms with Gasteiger partial charge in [0.2, 0.25) is 0 Å². The van der Waals surface area contributed by atoms with Crippen molar-refractivity contribution in [2.45, 2.75) is 19.3 Å². The third kappa shape index (κ3) is 1.42. The molecular formula is C14H16N2O. The molecule has 0 amide bonds. The number of para-hydroxylation sites is 1. The number of ketones is 1. The summed E-state index contributed by atoms with van der Waals surface area (Å²) >= 11 is 0. The summed E-state index contributed by atoms with van der Waals surface area (Å²) in [5.74, 6) is 0.212. The Hall–Kier alpha value is -1.61. The number of carbonyl (C=O) groups excluding carboxylic acids is 1. The number of aromatic amines is 1. The second-order valence-corrected chi connectivity index (χ2v) is 4.92. The maximum absolute atomic E-state index is 12.6. The average molecular weight is 228 g/mol. The summed E-state index contributed by atoms with van der Waals surface area (Å²) < 4.78 is 0. The number of hydrogen-bond acceptors (Lipinski definition) is 2. The lowest BCUT2D eigenvalue weighted by Crippen LogP contribution is -2.44. The minimum absolute atomic E-state index is 0.212. The van der Waals surface area contributed by atoms with Crippen LogP contribution < -0.4 is 5.73 Å². The molecule has 1 saturated carbocycles. The Labute approximate surface area is 100 Å². The molecule has 3 rings (SSSR count). The summed E-state index contributed by atoms with van der Waals surface area (Å²) in [6, 6.07) is 7.90. The minimum atomic E-state index is -0.287. The Morgan fingerprint density at radius 2 is 2.12 bits per heavy atom. The molecule has 1 heterocycles. The normalized spacial score (nSPS) is 17.9. The summed E-state index contributed by atoms with van der Waals surface area (Å²) in [5.41, 5.74) is 7.32. The smallest absolute Gasteiger partial charge is 0.172 e. The minimum Gasteiger partial charge on any atom is -0.360 e. The number of hydrogen-bond donors (Lipinski definition) is 2. The number of aromatic nitrogens is 1. The molecule has 0 aliphatic heterocycles. The lowest BCUT2D eigenvalue weighted by molar-refractivity contribution is 0.0638. The fraction of sp³-hybridized carbons (Fsp3) is 0.357. The van der Waals surface area contributed by atoms with Crippen LogP contribution in [0.3, 0.4) is 0 Å². The monoisotopic (exact) mass is 228 g/mol. The fourth-order valence-corrected chi connectivity index (χ4v) is 2.67. The Balaban J connectivity index is 2.07. The van der Waals surface area contributed by atoms with Crippen LogP contribution >= 0.6 is 0 Å². The highest BCUT2D eigenvalue weighted by molar-refractivity contribution is 6.10. The molecule has 3 heteroatoms. The molecule has 3 N–H and O–H groups in total. The van der Waals surface area contributed by atoms with E-state index in [4.69, 9.17) is 5.73 Å². The molecule has 1 aromatic heterocycles. The molecule has 88 valence electrons. The molecule has 0 bridgehead atoms. The van der Waals surface area contributed by atoms with Crippen molar-refractivity contribution < 1.29 is 4.79 Å². The van der Waals surface area contributed by atoms with E-state index >= 15 is 0 Å². The van der Waals surface area contributed by atoms with Crippen LogP contribution in [-0.4, -0.2) is 17.3 Å². The second-order valence-electron chi connectivity index (χ2n) is 4.92. The SMILES string of the molecule is NCC1(C(=O)c2c[nH]c3ccccc23)CCC1. The third-order valence-corrected chi connectivity index (χ3v) is 4.02. The first-order valence-electron chi connectivity index (χ1n) is 6.08. The zero-order chi connectivity index (χ0) is 11.9. The summed E-state index contributed by atoms with van der Waals surface area (Å²) in [4.78, 5) is 15.7. The van der Waals surface area contributed by atoms with Crippen molar-refractivity contribution in [3.63, 3.8) is 0 Å². The number of nitrogens with two attached hydrogens (primary N) is 1. The van der Waals surface area contributed by atoms with Crippen LogP contribution in [0.4, 0.5) is 0 Å². The van der Waals surface area contributed by atoms with Crippen LogP contribution in [0.5, 0.6) is 0 Å². The number of carbonyl (C=O) groups is 1. The molecular weight excluding hydrogens is 212 g/mol. The van der Waals surface area contributed by atoms with Gasteiger partial charge < -0.3 is 10.7 Å². The number of nitrogens with one attached hydrogen (secondary N) is 1. The number of H-pyrrole nitrogens is 1. The Morgan fingerprint density at radius 3 is 2.76 bits per heavy atom. The summed E-state index contributed by atoms with van der Waals surface area (Å²) in [6.45, 7) is 0.464. The van der Waals surface area contributed by atoms with Crippen molar-refractivity contribution in [2.75, 3.05) is 6.54 Å². The van der Waals surface area contributed by atoms with Crippen LogP contribution in [0.2, 0.25) is 0 Å². The van der Waals surface area contributed by atoms with Gasteiger partial charge >= 0.3 is 0 Å².